The van der Waals surface area contributed by atoms with Gasteiger partial charge in [-0.05, 0) is 54.0 Å². The first-order chi connectivity index (χ1) is 16.4. The molecule has 1 N–H and O–H groups in total. The molecule has 0 aromatic heterocycles. The van der Waals surface area contributed by atoms with E-state index in [-0.39, 0.29) is 0 Å². The van der Waals surface area contributed by atoms with E-state index in [2.05, 4.69) is 4.90 Å². The first-order valence-corrected chi connectivity index (χ1v) is 11.5. The molecule has 0 bridgehead atoms. The summed E-state index contributed by atoms with van der Waals surface area (Å²) in [6.45, 7) is 2.28. The van der Waals surface area contributed by atoms with Crippen molar-refractivity contribution >= 4 is 11.6 Å². The molecule has 1 fully saturated rings. The molecule has 2 aliphatic rings. The van der Waals surface area contributed by atoms with Crippen molar-refractivity contribution < 1.29 is 31.1 Å². The van der Waals surface area contributed by atoms with E-state index in [4.69, 9.17) is 0 Å². The zero-order chi connectivity index (χ0) is 25.4. The average molecular weight is 499 g/mol. The molecule has 1 heterocycles. The van der Waals surface area contributed by atoms with Crippen LogP contribution in [-0.2, 0) is 23.9 Å². The predicted molar refractivity (Wildman–Crippen MR) is 120 cm³/mol. The molecule has 0 saturated heterocycles. The zero-order valence-electron chi connectivity index (χ0n) is 19.2. The number of carbonyl (C=O) groups is 1. The highest BCUT2D eigenvalue weighted by Gasteiger charge is 2.46. The van der Waals surface area contributed by atoms with Crippen LogP contribution in [0, 0.1) is 5.92 Å². The highest BCUT2D eigenvalue weighted by Crippen LogP contribution is 2.40. The fourth-order valence-electron chi connectivity index (χ4n) is 4.68. The molecule has 35 heavy (non-hydrogen) atoms. The van der Waals surface area contributed by atoms with Crippen LogP contribution in [0.2, 0.25) is 0 Å². The van der Waals surface area contributed by atoms with Crippen molar-refractivity contribution in [1.82, 2.24) is 10.2 Å². The Kier molecular flexibility index (Phi) is 7.04. The van der Waals surface area contributed by atoms with E-state index in [9.17, 15) is 31.1 Å². The van der Waals surface area contributed by atoms with E-state index in [1.54, 1.807) is 17.3 Å². The zero-order valence-corrected chi connectivity index (χ0v) is 19.2. The van der Waals surface area contributed by atoms with Crippen LogP contribution in [0.3, 0.4) is 0 Å². The van der Waals surface area contributed by atoms with Gasteiger partial charge in [0.15, 0.2) is 6.04 Å². The summed E-state index contributed by atoms with van der Waals surface area (Å²) in [7, 11) is 1.60. The molecule has 0 spiro atoms. The summed E-state index contributed by atoms with van der Waals surface area (Å²) in [5, 5.41) is 1.79. The third-order valence-electron chi connectivity index (χ3n) is 6.54. The van der Waals surface area contributed by atoms with Gasteiger partial charge in [-0.1, -0.05) is 30.3 Å². The van der Waals surface area contributed by atoms with Gasteiger partial charge in [-0.2, -0.15) is 26.3 Å². The third kappa shape index (κ3) is 6.09. The largest absolute Gasteiger partial charge is 0.416 e. The molecule has 1 aliphatic carbocycles. The van der Waals surface area contributed by atoms with Crippen molar-refractivity contribution in [2.24, 2.45) is 5.92 Å². The van der Waals surface area contributed by atoms with E-state index in [1.807, 2.05) is 18.2 Å². The predicted octanol–water partition coefficient (Wildman–Crippen LogP) is 5.33. The molecule has 4 rings (SSSR count). The first kappa shape index (κ1) is 25.3. The van der Waals surface area contributed by atoms with Gasteiger partial charge in [-0.25, -0.2) is 0 Å². The molecule has 0 radical (unpaired) electrons. The number of fused-ring (bicyclic) bond motifs is 1. The van der Waals surface area contributed by atoms with Crippen LogP contribution in [0.15, 0.2) is 42.5 Å². The topological polar surface area (TPSA) is 35.6 Å². The lowest BCUT2D eigenvalue weighted by atomic mass is 9.97. The number of benzene rings is 2. The quantitative estimate of drug-likeness (QED) is 0.524. The number of hydrogen-bond donors (Lipinski definition) is 1. The Morgan fingerprint density at radius 2 is 1.80 bits per heavy atom. The summed E-state index contributed by atoms with van der Waals surface area (Å²) in [4.78, 5) is 16.6. The van der Waals surface area contributed by atoms with Crippen LogP contribution in [0.25, 0.3) is 0 Å². The molecule has 1 saturated carbocycles. The van der Waals surface area contributed by atoms with E-state index in [0.717, 1.165) is 67.0 Å². The van der Waals surface area contributed by atoms with Crippen LogP contribution in [0.4, 0.5) is 32.0 Å². The minimum atomic E-state index is -5.10. The van der Waals surface area contributed by atoms with Crippen LogP contribution >= 0.6 is 0 Å². The van der Waals surface area contributed by atoms with Crippen molar-refractivity contribution in [2.45, 2.75) is 44.2 Å². The van der Waals surface area contributed by atoms with Crippen molar-refractivity contribution in [3.8, 4) is 0 Å². The molecule has 10 heteroatoms. The fraction of sp³-hybridized carbons (Fsp3) is 0.480. The Morgan fingerprint density at radius 3 is 2.46 bits per heavy atom. The van der Waals surface area contributed by atoms with Crippen LogP contribution in [0.1, 0.15) is 41.1 Å². The lowest BCUT2D eigenvalue weighted by Gasteiger charge is -2.32. The monoisotopic (exact) mass is 499 g/mol. The Hall–Kier alpha value is -2.75. The van der Waals surface area contributed by atoms with Crippen LogP contribution in [-0.4, -0.2) is 43.7 Å². The molecule has 2 aromatic rings. The minimum absolute atomic E-state index is 0.428. The first-order valence-electron chi connectivity index (χ1n) is 11.5. The molecule has 1 amide bonds. The molecule has 1 unspecified atom stereocenters. The Morgan fingerprint density at radius 1 is 1.09 bits per heavy atom. The lowest BCUT2D eigenvalue weighted by molar-refractivity contribution is -0.167. The second-order valence-electron chi connectivity index (χ2n) is 9.33. The van der Waals surface area contributed by atoms with Crippen molar-refractivity contribution in [3.05, 3.63) is 64.7 Å². The van der Waals surface area contributed by atoms with E-state index in [0.29, 0.717) is 6.07 Å². The third-order valence-corrected chi connectivity index (χ3v) is 6.54. The van der Waals surface area contributed by atoms with Gasteiger partial charge in [0.05, 0.1) is 12.1 Å². The van der Waals surface area contributed by atoms with E-state index < -0.39 is 42.0 Å². The highest BCUT2D eigenvalue weighted by atomic mass is 19.4. The number of rotatable bonds is 7. The lowest BCUT2D eigenvalue weighted by Crippen LogP contribution is -2.43. The maximum absolute atomic E-state index is 13.8. The molecule has 2 aromatic carbocycles. The van der Waals surface area contributed by atoms with Crippen LogP contribution < -0.4 is 10.2 Å². The molecule has 4 nitrogen and oxygen atoms in total. The number of likely N-dealkylation sites (N-methyl/N-ethyl adjacent to an activating group) is 1. The van der Waals surface area contributed by atoms with E-state index in [1.165, 1.54) is 12.8 Å². The Balaban J connectivity index is 1.49. The summed E-state index contributed by atoms with van der Waals surface area (Å²) >= 11 is 0. The molecule has 190 valence electrons. The van der Waals surface area contributed by atoms with E-state index >= 15 is 0 Å². The molecular formula is C25H27F6N3O. The summed E-state index contributed by atoms with van der Waals surface area (Å²) < 4.78 is 81.3. The van der Waals surface area contributed by atoms with Gasteiger partial charge < -0.3 is 10.2 Å². The number of anilines is 1. The van der Waals surface area contributed by atoms with Crippen molar-refractivity contribution in [3.63, 3.8) is 0 Å². The van der Waals surface area contributed by atoms with Gasteiger partial charge in [-0.3, -0.25) is 9.69 Å². The van der Waals surface area contributed by atoms with Crippen LogP contribution in [0.5, 0.6) is 0 Å². The number of nitrogens with zero attached hydrogens (tertiary/aromatic N) is 2. The number of hydrogen-bond acceptors (Lipinski definition) is 3. The van der Waals surface area contributed by atoms with Gasteiger partial charge in [0.1, 0.15) is 0 Å². The number of halogens is 6. The molecular weight excluding hydrogens is 472 g/mol. The standard InChI is InChI=1S/C25H27F6N3O/c1-33(21-8-4-5-17-14-34(12-11-18(17)21)13-16-9-10-16)15-22(35)32-23(25(29,30)31)19-6-2-3-7-20(19)24(26,27)28/h2-8,16,23H,9-15H2,1H3,(H,32,35). The Bertz CT molecular complexity index is 1060. The fourth-order valence-corrected chi connectivity index (χ4v) is 4.68. The molecule has 1 aliphatic heterocycles. The minimum Gasteiger partial charge on any atom is -0.365 e. The maximum Gasteiger partial charge on any atom is 0.416 e. The SMILES string of the molecule is CN(CC(=O)NC(c1ccccc1C(F)(F)F)C(F)(F)F)c1cccc2c1CCN(CC1CC1)C2. The number of nitrogens with one attached hydrogen (secondary N) is 1. The smallest absolute Gasteiger partial charge is 0.365 e. The molecule has 1 atom stereocenters. The maximum atomic E-state index is 13.8. The average Bonchev–Trinajstić information content (AvgIpc) is 3.59. The second-order valence-corrected chi connectivity index (χ2v) is 9.33. The number of amides is 1. The summed E-state index contributed by atoms with van der Waals surface area (Å²) in [6.07, 6.45) is -6.82. The number of carbonyl (C=O) groups excluding carboxylic acids is 1. The summed E-state index contributed by atoms with van der Waals surface area (Å²) in [5.74, 6) is -0.259. The van der Waals surface area contributed by atoms with Gasteiger partial charge in [0.2, 0.25) is 5.91 Å². The second kappa shape index (κ2) is 9.72. The van der Waals surface area contributed by atoms with Crippen molar-refractivity contribution in [1.29, 1.82) is 0 Å². The van der Waals surface area contributed by atoms with Crippen molar-refractivity contribution in [2.75, 3.05) is 31.6 Å². The normalized spacial score (nSPS) is 17.6. The number of alkyl halides is 6. The van der Waals surface area contributed by atoms with Gasteiger partial charge >= 0.3 is 12.4 Å². The Labute approximate surface area is 199 Å². The van der Waals surface area contributed by atoms with Gasteiger partial charge in [0, 0.05) is 32.4 Å². The highest BCUT2D eigenvalue weighted by molar-refractivity contribution is 5.82. The summed E-state index contributed by atoms with van der Waals surface area (Å²) in [5.41, 5.74) is 0.446. The summed E-state index contributed by atoms with van der Waals surface area (Å²) in [6, 6.07) is 6.32. The van der Waals surface area contributed by atoms with Gasteiger partial charge in [0.25, 0.3) is 0 Å². The van der Waals surface area contributed by atoms with Gasteiger partial charge in [-0.15, -0.1) is 0 Å².